The molecule has 0 aromatic heterocycles. The van der Waals surface area contributed by atoms with Gasteiger partial charge in [-0.2, -0.15) is 0 Å². The Kier molecular flexibility index (Phi) is 2.42. The third kappa shape index (κ3) is 1.61. The molecule has 1 heterocycles. The van der Waals surface area contributed by atoms with E-state index in [1.54, 1.807) is 0 Å². The number of esters is 1. The van der Waals surface area contributed by atoms with Gasteiger partial charge in [0.2, 0.25) is 5.76 Å². The first-order chi connectivity index (χ1) is 9.40. The summed E-state index contributed by atoms with van der Waals surface area (Å²) in [6, 6.07) is 0. The Morgan fingerprint density at radius 2 is 1.60 bits per heavy atom. The molecule has 3 heteroatoms. The molecule has 0 aromatic rings. The lowest BCUT2D eigenvalue weighted by molar-refractivity contribution is -0.225. The van der Waals surface area contributed by atoms with Crippen LogP contribution in [0.5, 0.6) is 0 Å². The van der Waals surface area contributed by atoms with Crippen molar-refractivity contribution < 1.29 is 14.3 Å². The molecule has 5 aliphatic rings. The molecule has 1 aliphatic heterocycles. The van der Waals surface area contributed by atoms with Gasteiger partial charge in [0.05, 0.1) is 0 Å². The molecule has 110 valence electrons. The maximum Gasteiger partial charge on any atom is 0.376 e. The fourth-order valence-corrected chi connectivity index (χ4v) is 5.99. The van der Waals surface area contributed by atoms with E-state index in [0.717, 1.165) is 17.8 Å². The Balaban J connectivity index is 1.64. The van der Waals surface area contributed by atoms with Gasteiger partial charge >= 0.3 is 5.97 Å². The van der Waals surface area contributed by atoms with Crippen LogP contribution >= 0.6 is 0 Å². The summed E-state index contributed by atoms with van der Waals surface area (Å²) in [7, 11) is 0. The molecule has 0 spiro atoms. The van der Waals surface area contributed by atoms with Crippen molar-refractivity contribution in [1.82, 2.24) is 0 Å². The Hall–Kier alpha value is -0.990. The van der Waals surface area contributed by atoms with Crippen LogP contribution in [0.4, 0.5) is 0 Å². The van der Waals surface area contributed by atoms with Crippen molar-refractivity contribution >= 4 is 5.97 Å². The molecule has 5 fully saturated rings. The number of ether oxygens (including phenoxy) is 2. The normalized spacial score (nSPS) is 51.0. The SMILES string of the molecule is C=C1OC(C)(C(C)C23CC4CC(CC(C4)C2)C3)OC1=O. The molecule has 0 amide bonds. The van der Waals surface area contributed by atoms with E-state index in [9.17, 15) is 4.79 Å². The van der Waals surface area contributed by atoms with E-state index in [-0.39, 0.29) is 17.6 Å². The molecule has 2 atom stereocenters. The lowest BCUT2D eigenvalue weighted by Crippen LogP contribution is -2.54. The van der Waals surface area contributed by atoms with Crippen LogP contribution in [0.3, 0.4) is 0 Å². The second kappa shape index (κ2) is 3.80. The van der Waals surface area contributed by atoms with Crippen LogP contribution in [0.15, 0.2) is 12.3 Å². The third-order valence-electron chi connectivity index (χ3n) is 6.64. The van der Waals surface area contributed by atoms with Crippen molar-refractivity contribution in [2.45, 2.75) is 58.2 Å². The van der Waals surface area contributed by atoms with Gasteiger partial charge in [-0.05, 0) is 68.3 Å². The fraction of sp³-hybridized carbons (Fsp3) is 0.824. The first-order valence-electron chi connectivity index (χ1n) is 8.01. The predicted molar refractivity (Wildman–Crippen MR) is 74.5 cm³/mol. The number of rotatable bonds is 2. The monoisotopic (exact) mass is 276 g/mol. The molecule has 4 saturated carbocycles. The van der Waals surface area contributed by atoms with Gasteiger partial charge in [0.1, 0.15) is 0 Å². The van der Waals surface area contributed by atoms with E-state index in [1.807, 2.05) is 6.92 Å². The van der Waals surface area contributed by atoms with Crippen molar-refractivity contribution in [3.63, 3.8) is 0 Å². The van der Waals surface area contributed by atoms with Gasteiger partial charge in [0.15, 0.2) is 0 Å². The number of hydrogen-bond donors (Lipinski definition) is 0. The summed E-state index contributed by atoms with van der Waals surface area (Å²) in [5.41, 5.74) is 0.314. The molecule has 0 radical (unpaired) electrons. The lowest BCUT2D eigenvalue weighted by Gasteiger charge is -2.60. The minimum atomic E-state index is -0.806. The van der Waals surface area contributed by atoms with Crippen molar-refractivity contribution in [2.75, 3.05) is 0 Å². The third-order valence-corrected chi connectivity index (χ3v) is 6.64. The highest BCUT2D eigenvalue weighted by Gasteiger charge is 2.60. The van der Waals surface area contributed by atoms with Crippen LogP contribution in [-0.4, -0.2) is 11.8 Å². The number of carbonyl (C=O) groups excluding carboxylic acids is 1. The topological polar surface area (TPSA) is 35.5 Å². The molecule has 5 rings (SSSR count). The summed E-state index contributed by atoms with van der Waals surface area (Å²) < 4.78 is 11.3. The van der Waals surface area contributed by atoms with Crippen LogP contribution in [0.2, 0.25) is 0 Å². The van der Waals surface area contributed by atoms with E-state index in [4.69, 9.17) is 9.47 Å². The van der Waals surface area contributed by atoms with Gasteiger partial charge in [-0.1, -0.05) is 6.92 Å². The molecule has 0 N–H and O–H groups in total. The zero-order valence-electron chi connectivity index (χ0n) is 12.5. The molecular formula is C17H24O3. The van der Waals surface area contributed by atoms with Gasteiger partial charge in [0.25, 0.3) is 5.79 Å². The molecule has 4 aliphatic carbocycles. The summed E-state index contributed by atoms with van der Waals surface area (Å²) in [4.78, 5) is 11.7. The van der Waals surface area contributed by atoms with Gasteiger partial charge in [-0.25, -0.2) is 4.79 Å². The predicted octanol–water partition coefficient (Wildman–Crippen LogP) is 3.64. The van der Waals surface area contributed by atoms with E-state index in [1.165, 1.54) is 38.5 Å². The van der Waals surface area contributed by atoms with Crippen LogP contribution in [0.1, 0.15) is 52.4 Å². The van der Waals surface area contributed by atoms with Crippen LogP contribution < -0.4 is 0 Å². The summed E-state index contributed by atoms with van der Waals surface area (Å²) >= 11 is 0. The largest absolute Gasteiger partial charge is 0.445 e. The smallest absolute Gasteiger partial charge is 0.376 e. The van der Waals surface area contributed by atoms with Crippen LogP contribution in [-0.2, 0) is 14.3 Å². The Morgan fingerprint density at radius 3 is 2.00 bits per heavy atom. The maximum atomic E-state index is 11.7. The highest BCUT2D eigenvalue weighted by molar-refractivity contribution is 5.87. The molecule has 0 aromatic carbocycles. The average Bonchev–Trinajstić information content (AvgIpc) is 2.61. The van der Waals surface area contributed by atoms with Gasteiger partial charge in [-0.3, -0.25) is 0 Å². The fourth-order valence-electron chi connectivity index (χ4n) is 5.99. The summed E-state index contributed by atoms with van der Waals surface area (Å²) in [6.07, 6.45) is 8.16. The van der Waals surface area contributed by atoms with Crippen molar-refractivity contribution in [1.29, 1.82) is 0 Å². The zero-order valence-corrected chi connectivity index (χ0v) is 12.5. The number of hydrogen-bond acceptors (Lipinski definition) is 3. The zero-order chi connectivity index (χ0) is 14.1. The van der Waals surface area contributed by atoms with Crippen LogP contribution in [0.25, 0.3) is 0 Å². The molecule has 1 saturated heterocycles. The van der Waals surface area contributed by atoms with E-state index < -0.39 is 5.79 Å². The minimum Gasteiger partial charge on any atom is -0.445 e. The minimum absolute atomic E-state index is 0.170. The standard InChI is InChI=1S/C17H24O3/c1-10-15(18)20-16(3,19-10)11(2)17-7-12-4-13(8-17)6-14(5-12)9-17/h11-14H,1,4-9H2,2-3H3. The first-order valence-corrected chi connectivity index (χ1v) is 8.01. The summed E-state index contributed by atoms with van der Waals surface area (Å²) in [5, 5.41) is 0. The molecule has 3 nitrogen and oxygen atoms in total. The quantitative estimate of drug-likeness (QED) is 0.570. The number of cyclic esters (lactones) is 1. The molecular weight excluding hydrogens is 252 g/mol. The van der Waals surface area contributed by atoms with Crippen molar-refractivity contribution in [3.8, 4) is 0 Å². The highest BCUT2D eigenvalue weighted by atomic mass is 16.8. The molecule has 20 heavy (non-hydrogen) atoms. The summed E-state index contributed by atoms with van der Waals surface area (Å²) in [5.74, 6) is 1.91. The van der Waals surface area contributed by atoms with Gasteiger partial charge < -0.3 is 9.47 Å². The lowest BCUT2D eigenvalue weighted by atomic mass is 9.46. The first kappa shape index (κ1) is 12.7. The maximum absolute atomic E-state index is 11.7. The van der Waals surface area contributed by atoms with Gasteiger partial charge in [-0.15, -0.1) is 0 Å². The Labute approximate surface area is 120 Å². The van der Waals surface area contributed by atoms with Crippen molar-refractivity contribution in [3.05, 3.63) is 12.3 Å². The van der Waals surface area contributed by atoms with E-state index >= 15 is 0 Å². The van der Waals surface area contributed by atoms with Crippen molar-refractivity contribution in [2.24, 2.45) is 29.1 Å². The van der Waals surface area contributed by atoms with E-state index in [2.05, 4.69) is 13.5 Å². The summed E-state index contributed by atoms with van der Waals surface area (Å²) in [6.45, 7) is 7.81. The highest BCUT2D eigenvalue weighted by Crippen LogP contribution is 2.64. The van der Waals surface area contributed by atoms with Gasteiger partial charge in [0, 0.05) is 12.8 Å². The second-order valence-corrected chi connectivity index (χ2v) is 7.93. The Morgan fingerprint density at radius 1 is 1.10 bits per heavy atom. The van der Waals surface area contributed by atoms with Crippen LogP contribution in [0, 0.1) is 29.1 Å². The molecule has 2 unspecified atom stereocenters. The molecule has 4 bridgehead atoms. The number of carbonyl (C=O) groups is 1. The average molecular weight is 276 g/mol. The second-order valence-electron chi connectivity index (χ2n) is 7.93. The Bertz CT molecular complexity index is 427. The van der Waals surface area contributed by atoms with E-state index in [0.29, 0.717) is 5.41 Å².